The molecule has 0 saturated heterocycles. The van der Waals surface area contributed by atoms with Crippen LogP contribution < -0.4 is 25.4 Å². The molecule has 1 aromatic heterocycles. The first-order valence-corrected chi connectivity index (χ1v) is 8.94. The molecule has 0 atom stereocenters. The topological polar surface area (TPSA) is 97.4 Å². The van der Waals surface area contributed by atoms with Crippen molar-refractivity contribution in [2.24, 2.45) is 0 Å². The summed E-state index contributed by atoms with van der Waals surface area (Å²) in [5.74, 6) is 2.07. The molecule has 8 heteroatoms. The Morgan fingerprint density at radius 1 is 0.793 bits per heavy atom. The number of aryl methyl sites for hydroxylation is 2. The lowest BCUT2D eigenvalue weighted by molar-refractivity contribution is 0.262. The molecular weight excluding hydrogens is 370 g/mol. The highest BCUT2D eigenvalue weighted by molar-refractivity contribution is 5.99. The summed E-state index contributed by atoms with van der Waals surface area (Å²) in [6, 6.07) is 12.3. The van der Waals surface area contributed by atoms with Crippen LogP contribution in [0.2, 0.25) is 0 Å². The van der Waals surface area contributed by atoms with E-state index in [1.807, 2.05) is 25.1 Å². The monoisotopic (exact) mass is 393 g/mol. The van der Waals surface area contributed by atoms with Gasteiger partial charge in [0.15, 0.2) is 0 Å². The van der Waals surface area contributed by atoms with Crippen molar-refractivity contribution in [3.8, 4) is 11.5 Å². The smallest absolute Gasteiger partial charge is 0.324 e. The molecule has 29 heavy (non-hydrogen) atoms. The van der Waals surface area contributed by atoms with E-state index in [-0.39, 0.29) is 0 Å². The summed E-state index contributed by atoms with van der Waals surface area (Å²) in [5, 5.41) is 8.63. The van der Waals surface area contributed by atoms with Crippen LogP contribution in [0.4, 0.5) is 27.8 Å². The average Bonchev–Trinajstić information content (AvgIpc) is 2.70. The number of rotatable bonds is 6. The predicted octanol–water partition coefficient (Wildman–Crippen LogP) is 4.50. The zero-order valence-electron chi connectivity index (χ0n) is 16.7. The van der Waals surface area contributed by atoms with E-state index in [1.165, 1.54) is 17.5 Å². The van der Waals surface area contributed by atoms with Crippen molar-refractivity contribution in [3.63, 3.8) is 0 Å². The van der Waals surface area contributed by atoms with Gasteiger partial charge >= 0.3 is 6.03 Å². The molecule has 3 rings (SSSR count). The van der Waals surface area contributed by atoms with Gasteiger partial charge in [0.05, 0.1) is 14.2 Å². The summed E-state index contributed by atoms with van der Waals surface area (Å²) < 4.78 is 10.4. The fraction of sp³-hybridized carbons (Fsp3) is 0.190. The maximum Gasteiger partial charge on any atom is 0.324 e. The first-order chi connectivity index (χ1) is 14.0. The molecule has 2 amide bonds. The van der Waals surface area contributed by atoms with E-state index in [0.29, 0.717) is 28.8 Å². The Bertz CT molecular complexity index is 1000. The standard InChI is InChI=1S/C21H23N5O3/c1-13-5-6-15(7-14(13)2)24-19-11-20(23-12-22-19)26-21(27)25-16-8-17(28-3)10-18(9-16)29-4/h5-12H,1-4H3,(H3,22,23,24,25,26,27). The quantitative estimate of drug-likeness (QED) is 0.571. The van der Waals surface area contributed by atoms with Crippen LogP contribution in [0.25, 0.3) is 0 Å². The van der Waals surface area contributed by atoms with E-state index in [4.69, 9.17) is 9.47 Å². The third-order valence-electron chi connectivity index (χ3n) is 4.30. The number of ether oxygens (including phenoxy) is 2. The number of carbonyl (C=O) groups is 1. The van der Waals surface area contributed by atoms with E-state index in [1.54, 1.807) is 38.5 Å². The normalized spacial score (nSPS) is 10.2. The second kappa shape index (κ2) is 8.92. The van der Waals surface area contributed by atoms with Crippen LogP contribution in [0.15, 0.2) is 48.8 Å². The maximum absolute atomic E-state index is 12.3. The summed E-state index contributed by atoms with van der Waals surface area (Å²) in [4.78, 5) is 20.6. The molecule has 0 bridgehead atoms. The molecule has 150 valence electrons. The summed E-state index contributed by atoms with van der Waals surface area (Å²) in [7, 11) is 3.09. The third kappa shape index (κ3) is 5.35. The van der Waals surface area contributed by atoms with Crippen LogP contribution in [0.5, 0.6) is 11.5 Å². The highest BCUT2D eigenvalue weighted by atomic mass is 16.5. The molecule has 2 aromatic carbocycles. The lowest BCUT2D eigenvalue weighted by atomic mass is 10.1. The summed E-state index contributed by atoms with van der Waals surface area (Å²) in [5.41, 5.74) is 3.83. The van der Waals surface area contributed by atoms with E-state index in [9.17, 15) is 4.79 Å². The summed E-state index contributed by atoms with van der Waals surface area (Å²) in [6.07, 6.45) is 1.38. The van der Waals surface area contributed by atoms with Gasteiger partial charge in [-0.05, 0) is 37.1 Å². The zero-order valence-corrected chi connectivity index (χ0v) is 16.7. The fourth-order valence-electron chi connectivity index (χ4n) is 2.62. The van der Waals surface area contributed by atoms with Gasteiger partial charge in [-0.1, -0.05) is 6.07 Å². The Kier molecular flexibility index (Phi) is 6.13. The van der Waals surface area contributed by atoms with Gasteiger partial charge in [-0.2, -0.15) is 0 Å². The number of hydrogen-bond acceptors (Lipinski definition) is 6. The summed E-state index contributed by atoms with van der Waals surface area (Å²) in [6.45, 7) is 4.10. The molecular formula is C21H23N5O3. The lowest BCUT2D eigenvalue weighted by Gasteiger charge is -2.11. The van der Waals surface area contributed by atoms with Crippen molar-refractivity contribution in [1.82, 2.24) is 9.97 Å². The number of benzene rings is 2. The van der Waals surface area contributed by atoms with Gasteiger partial charge < -0.3 is 20.1 Å². The van der Waals surface area contributed by atoms with Gasteiger partial charge in [0.2, 0.25) is 0 Å². The largest absolute Gasteiger partial charge is 0.497 e. The second-order valence-electron chi connectivity index (χ2n) is 6.39. The molecule has 3 N–H and O–H groups in total. The van der Waals surface area contributed by atoms with Crippen LogP contribution in [-0.2, 0) is 0 Å². The first-order valence-electron chi connectivity index (χ1n) is 8.94. The highest BCUT2D eigenvalue weighted by Crippen LogP contribution is 2.26. The van der Waals surface area contributed by atoms with E-state index >= 15 is 0 Å². The Morgan fingerprint density at radius 2 is 1.48 bits per heavy atom. The molecule has 3 aromatic rings. The van der Waals surface area contributed by atoms with Gasteiger partial charge in [0, 0.05) is 35.6 Å². The van der Waals surface area contributed by atoms with Crippen molar-refractivity contribution < 1.29 is 14.3 Å². The van der Waals surface area contributed by atoms with Gasteiger partial charge in [-0.25, -0.2) is 14.8 Å². The molecule has 0 fully saturated rings. The van der Waals surface area contributed by atoms with Crippen molar-refractivity contribution in [1.29, 1.82) is 0 Å². The predicted molar refractivity (Wildman–Crippen MR) is 113 cm³/mol. The number of anilines is 4. The van der Waals surface area contributed by atoms with Gasteiger partial charge in [-0.3, -0.25) is 5.32 Å². The Morgan fingerprint density at radius 3 is 2.14 bits per heavy atom. The van der Waals surface area contributed by atoms with E-state index < -0.39 is 6.03 Å². The van der Waals surface area contributed by atoms with Crippen molar-refractivity contribution in [3.05, 3.63) is 59.9 Å². The van der Waals surface area contributed by atoms with Crippen molar-refractivity contribution in [2.75, 3.05) is 30.2 Å². The fourth-order valence-corrected chi connectivity index (χ4v) is 2.62. The number of carbonyl (C=O) groups excluding carboxylic acids is 1. The molecule has 0 aliphatic rings. The number of amides is 2. The van der Waals surface area contributed by atoms with E-state index in [0.717, 1.165) is 5.69 Å². The second-order valence-corrected chi connectivity index (χ2v) is 6.39. The zero-order chi connectivity index (χ0) is 20.8. The average molecular weight is 393 g/mol. The SMILES string of the molecule is COc1cc(NC(=O)Nc2cc(Nc3ccc(C)c(C)c3)ncn2)cc(OC)c1. The van der Waals surface area contributed by atoms with Crippen LogP contribution >= 0.6 is 0 Å². The Balaban J connectivity index is 1.68. The molecule has 0 spiro atoms. The van der Waals surface area contributed by atoms with Crippen LogP contribution in [0, 0.1) is 13.8 Å². The molecule has 0 aliphatic carbocycles. The molecule has 0 radical (unpaired) electrons. The van der Waals surface area contributed by atoms with Gasteiger partial charge in [-0.15, -0.1) is 0 Å². The Hall–Kier alpha value is -3.81. The minimum Gasteiger partial charge on any atom is -0.497 e. The minimum atomic E-state index is -0.448. The number of urea groups is 1. The third-order valence-corrected chi connectivity index (χ3v) is 4.30. The number of nitrogens with zero attached hydrogens (tertiary/aromatic N) is 2. The van der Waals surface area contributed by atoms with Gasteiger partial charge in [0.25, 0.3) is 0 Å². The van der Waals surface area contributed by atoms with E-state index in [2.05, 4.69) is 32.8 Å². The summed E-state index contributed by atoms with van der Waals surface area (Å²) >= 11 is 0. The Labute approximate surface area is 169 Å². The lowest BCUT2D eigenvalue weighted by Crippen LogP contribution is -2.20. The highest BCUT2D eigenvalue weighted by Gasteiger charge is 2.08. The number of hydrogen-bond donors (Lipinski definition) is 3. The van der Waals surface area contributed by atoms with Crippen molar-refractivity contribution in [2.45, 2.75) is 13.8 Å². The maximum atomic E-state index is 12.3. The van der Waals surface area contributed by atoms with Gasteiger partial charge in [0.1, 0.15) is 29.5 Å². The molecule has 0 saturated carbocycles. The molecule has 1 heterocycles. The van der Waals surface area contributed by atoms with Crippen molar-refractivity contribution >= 4 is 29.0 Å². The number of aromatic nitrogens is 2. The first kappa shape index (κ1) is 19.9. The minimum absolute atomic E-state index is 0.360. The number of methoxy groups -OCH3 is 2. The van der Waals surface area contributed by atoms with Crippen LogP contribution in [-0.4, -0.2) is 30.2 Å². The molecule has 0 unspecified atom stereocenters. The number of nitrogens with one attached hydrogen (secondary N) is 3. The molecule has 0 aliphatic heterocycles. The van der Waals surface area contributed by atoms with Crippen LogP contribution in [0.1, 0.15) is 11.1 Å². The molecule has 8 nitrogen and oxygen atoms in total. The van der Waals surface area contributed by atoms with Crippen LogP contribution in [0.3, 0.4) is 0 Å².